The molecule has 1 atom stereocenters. The molecule has 6 heteroatoms. The Morgan fingerprint density at radius 2 is 2.23 bits per heavy atom. The number of imidazole rings is 1. The van der Waals surface area contributed by atoms with E-state index in [0.29, 0.717) is 5.75 Å². The number of aromatic nitrogens is 2. The number of rotatable bonds is 5. The largest absolute Gasteiger partial charge is 0.490 e. The third-order valence-electron chi connectivity index (χ3n) is 4.27. The topological polar surface area (TPSA) is 79.4 Å². The lowest BCUT2D eigenvalue weighted by atomic mass is 10.1. The van der Waals surface area contributed by atoms with Gasteiger partial charge in [0.1, 0.15) is 23.4 Å². The van der Waals surface area contributed by atoms with Crippen LogP contribution in [0.15, 0.2) is 54.9 Å². The third kappa shape index (κ3) is 3.13. The van der Waals surface area contributed by atoms with Gasteiger partial charge in [-0.1, -0.05) is 12.1 Å². The lowest BCUT2D eigenvalue weighted by Crippen LogP contribution is -2.20. The van der Waals surface area contributed by atoms with Crippen LogP contribution in [-0.2, 0) is 11.2 Å². The number of amides is 1. The van der Waals surface area contributed by atoms with Crippen LogP contribution >= 0.6 is 0 Å². The molecule has 1 aliphatic rings. The maximum atomic E-state index is 10.9. The van der Waals surface area contributed by atoms with E-state index in [1.54, 1.807) is 12.3 Å². The van der Waals surface area contributed by atoms with Crippen molar-refractivity contribution >= 4 is 5.91 Å². The number of fused-ring (bicyclic) bond motifs is 1. The molecule has 0 spiro atoms. The fourth-order valence-electron chi connectivity index (χ4n) is 3.16. The van der Waals surface area contributed by atoms with Crippen LogP contribution in [0.3, 0.4) is 0 Å². The SMILES string of the molecule is CC1Cc2cc(-n3ccnc3-c3cccc(OCC(N)=O)c3)ccc2O1. The minimum Gasteiger partial charge on any atom is -0.490 e. The zero-order chi connectivity index (χ0) is 18.1. The second-order valence-electron chi connectivity index (χ2n) is 6.33. The van der Waals surface area contributed by atoms with Crippen molar-refractivity contribution in [2.75, 3.05) is 6.61 Å². The van der Waals surface area contributed by atoms with E-state index in [0.717, 1.165) is 29.2 Å². The van der Waals surface area contributed by atoms with Crippen molar-refractivity contribution < 1.29 is 14.3 Å². The summed E-state index contributed by atoms with van der Waals surface area (Å²) in [5.41, 5.74) is 8.26. The van der Waals surface area contributed by atoms with Gasteiger partial charge in [-0.15, -0.1) is 0 Å². The fraction of sp³-hybridized carbons (Fsp3) is 0.200. The number of primary amides is 1. The maximum Gasteiger partial charge on any atom is 0.255 e. The van der Waals surface area contributed by atoms with Gasteiger partial charge >= 0.3 is 0 Å². The van der Waals surface area contributed by atoms with E-state index in [2.05, 4.69) is 18.0 Å². The Morgan fingerprint density at radius 3 is 3.08 bits per heavy atom. The molecule has 2 N–H and O–H groups in total. The predicted octanol–water partition coefficient (Wildman–Crippen LogP) is 2.73. The van der Waals surface area contributed by atoms with Gasteiger partial charge in [-0.3, -0.25) is 9.36 Å². The molecule has 132 valence electrons. The lowest BCUT2D eigenvalue weighted by molar-refractivity contribution is -0.119. The Bertz CT molecular complexity index is 964. The average molecular weight is 349 g/mol. The molecular weight excluding hydrogens is 330 g/mol. The van der Waals surface area contributed by atoms with Gasteiger partial charge in [-0.05, 0) is 42.8 Å². The second kappa shape index (κ2) is 6.55. The Hall–Kier alpha value is -3.28. The monoisotopic (exact) mass is 349 g/mol. The molecule has 2 aromatic carbocycles. The van der Waals surface area contributed by atoms with Crippen molar-refractivity contribution in [1.29, 1.82) is 0 Å². The Morgan fingerprint density at radius 1 is 1.35 bits per heavy atom. The summed E-state index contributed by atoms with van der Waals surface area (Å²) in [7, 11) is 0. The number of ether oxygens (including phenoxy) is 2. The summed E-state index contributed by atoms with van der Waals surface area (Å²) in [5.74, 6) is 1.81. The van der Waals surface area contributed by atoms with E-state index >= 15 is 0 Å². The number of carbonyl (C=O) groups is 1. The van der Waals surface area contributed by atoms with Gasteiger partial charge in [0.05, 0.1) is 0 Å². The van der Waals surface area contributed by atoms with Gasteiger partial charge in [0.2, 0.25) is 0 Å². The summed E-state index contributed by atoms with van der Waals surface area (Å²) in [6.07, 6.45) is 4.80. The standard InChI is InChI=1S/C20H19N3O3/c1-13-9-15-10-16(5-6-18(15)26-13)23-8-7-22-20(23)14-3-2-4-17(11-14)25-12-19(21)24/h2-8,10-11,13H,9,12H2,1H3,(H2,21,24). The summed E-state index contributed by atoms with van der Waals surface area (Å²) in [5, 5.41) is 0. The van der Waals surface area contributed by atoms with E-state index < -0.39 is 5.91 Å². The summed E-state index contributed by atoms with van der Waals surface area (Å²) in [6, 6.07) is 13.6. The molecule has 0 fully saturated rings. The Balaban J connectivity index is 1.67. The van der Waals surface area contributed by atoms with Gasteiger partial charge < -0.3 is 15.2 Å². The highest BCUT2D eigenvalue weighted by molar-refractivity contribution is 5.75. The van der Waals surface area contributed by atoms with Gasteiger partial charge in [0, 0.05) is 30.1 Å². The first-order valence-corrected chi connectivity index (χ1v) is 8.45. The molecule has 1 unspecified atom stereocenters. The molecule has 0 saturated heterocycles. The van der Waals surface area contributed by atoms with E-state index in [4.69, 9.17) is 15.2 Å². The number of nitrogens with zero attached hydrogens (tertiary/aromatic N) is 2. The van der Waals surface area contributed by atoms with Crippen LogP contribution in [-0.4, -0.2) is 28.2 Å². The first-order chi connectivity index (χ1) is 12.6. The van der Waals surface area contributed by atoms with E-state index in [1.165, 1.54) is 5.56 Å². The second-order valence-corrected chi connectivity index (χ2v) is 6.33. The van der Waals surface area contributed by atoms with E-state index in [9.17, 15) is 4.79 Å². The van der Waals surface area contributed by atoms with Crippen LogP contribution in [0.4, 0.5) is 0 Å². The van der Waals surface area contributed by atoms with Crippen molar-refractivity contribution in [3.8, 4) is 28.6 Å². The summed E-state index contributed by atoms with van der Waals surface area (Å²) in [6.45, 7) is 1.92. The predicted molar refractivity (Wildman–Crippen MR) is 97.5 cm³/mol. The van der Waals surface area contributed by atoms with Gasteiger partial charge in [0.15, 0.2) is 6.61 Å². The minimum absolute atomic E-state index is 0.152. The number of nitrogens with two attached hydrogens (primary N) is 1. The van der Waals surface area contributed by atoms with Crippen molar-refractivity contribution in [3.63, 3.8) is 0 Å². The molecule has 6 nitrogen and oxygen atoms in total. The molecule has 0 bridgehead atoms. The maximum absolute atomic E-state index is 10.9. The number of hydrogen-bond donors (Lipinski definition) is 1. The zero-order valence-corrected chi connectivity index (χ0v) is 14.4. The Labute approximate surface area is 151 Å². The van der Waals surface area contributed by atoms with Crippen molar-refractivity contribution in [3.05, 3.63) is 60.4 Å². The third-order valence-corrected chi connectivity index (χ3v) is 4.27. The summed E-state index contributed by atoms with van der Waals surface area (Å²) >= 11 is 0. The normalized spacial score (nSPS) is 15.3. The van der Waals surface area contributed by atoms with Crippen molar-refractivity contribution in [2.45, 2.75) is 19.4 Å². The molecule has 26 heavy (non-hydrogen) atoms. The summed E-state index contributed by atoms with van der Waals surface area (Å²) < 4.78 is 13.2. The minimum atomic E-state index is -0.508. The van der Waals surface area contributed by atoms with Crippen LogP contribution in [0.2, 0.25) is 0 Å². The average Bonchev–Trinajstić information content (AvgIpc) is 3.25. The van der Waals surface area contributed by atoms with Crippen LogP contribution in [0.25, 0.3) is 17.1 Å². The van der Waals surface area contributed by atoms with Crippen LogP contribution in [0, 0.1) is 0 Å². The van der Waals surface area contributed by atoms with Crippen molar-refractivity contribution in [2.24, 2.45) is 5.73 Å². The smallest absolute Gasteiger partial charge is 0.255 e. The molecule has 4 rings (SSSR count). The van der Waals surface area contributed by atoms with Gasteiger partial charge in [-0.25, -0.2) is 4.98 Å². The van der Waals surface area contributed by atoms with Crippen LogP contribution in [0.5, 0.6) is 11.5 Å². The molecule has 0 aliphatic carbocycles. The van der Waals surface area contributed by atoms with E-state index in [-0.39, 0.29) is 12.7 Å². The van der Waals surface area contributed by atoms with E-state index in [1.807, 2.05) is 41.1 Å². The highest BCUT2D eigenvalue weighted by Crippen LogP contribution is 2.32. The first kappa shape index (κ1) is 16.2. The molecule has 2 heterocycles. The number of benzene rings is 2. The molecule has 3 aromatic rings. The molecular formula is C20H19N3O3. The fourth-order valence-corrected chi connectivity index (χ4v) is 3.16. The quantitative estimate of drug-likeness (QED) is 0.768. The molecule has 0 radical (unpaired) electrons. The highest BCUT2D eigenvalue weighted by Gasteiger charge is 2.20. The number of carbonyl (C=O) groups excluding carboxylic acids is 1. The van der Waals surface area contributed by atoms with Gasteiger partial charge in [-0.2, -0.15) is 0 Å². The highest BCUT2D eigenvalue weighted by atomic mass is 16.5. The number of hydrogen-bond acceptors (Lipinski definition) is 4. The Kier molecular flexibility index (Phi) is 4.08. The zero-order valence-electron chi connectivity index (χ0n) is 14.4. The first-order valence-electron chi connectivity index (χ1n) is 8.45. The molecule has 1 aromatic heterocycles. The molecule has 1 amide bonds. The molecule has 0 saturated carbocycles. The van der Waals surface area contributed by atoms with Crippen molar-refractivity contribution in [1.82, 2.24) is 9.55 Å². The lowest BCUT2D eigenvalue weighted by Gasteiger charge is -2.11. The summed E-state index contributed by atoms with van der Waals surface area (Å²) in [4.78, 5) is 15.4. The van der Waals surface area contributed by atoms with Gasteiger partial charge in [0.25, 0.3) is 5.91 Å². The van der Waals surface area contributed by atoms with Crippen LogP contribution < -0.4 is 15.2 Å². The van der Waals surface area contributed by atoms with Crippen LogP contribution in [0.1, 0.15) is 12.5 Å². The molecule has 1 aliphatic heterocycles.